The van der Waals surface area contributed by atoms with Crippen molar-refractivity contribution in [2.24, 2.45) is 0 Å². The quantitative estimate of drug-likeness (QED) is 0.180. The molecule has 2 saturated carbocycles. The average molecular weight is 529 g/mol. The Balaban J connectivity index is 1.29. The number of rotatable bonds is 7. The second kappa shape index (κ2) is 9.71. The van der Waals surface area contributed by atoms with Gasteiger partial charge in [-0.05, 0) is 68.7 Å². The molecule has 3 fully saturated rings. The smallest absolute Gasteiger partial charge is 0.158 e. The standard InChI is InChI=1S/C29H29FN6OS/c30-27-23(35-38-36-10-1-2-11-36)8-9-24(37)26(27)25(17-4-3-5-17)22-16-34-29-21(22)12-19(13-33-29)20-14-31-28(32-15-20)18-6-7-18/h8-9,12-16,18,35,37H,1-7,10-11H2,(H,33,34). The van der Waals surface area contributed by atoms with E-state index in [0.717, 1.165) is 103 Å². The minimum absolute atomic E-state index is 0.0591. The summed E-state index contributed by atoms with van der Waals surface area (Å²) in [5.74, 6) is 0.911. The second-order valence-corrected chi connectivity index (χ2v) is 11.3. The highest BCUT2D eigenvalue weighted by Gasteiger charge is 2.28. The Bertz CT molecular complexity index is 1530. The normalized spacial score (nSPS) is 17.7. The first-order chi connectivity index (χ1) is 18.7. The number of aromatic nitrogens is 4. The molecule has 0 atom stereocenters. The van der Waals surface area contributed by atoms with Crippen LogP contribution in [0, 0.1) is 5.82 Å². The van der Waals surface area contributed by atoms with Gasteiger partial charge < -0.3 is 14.8 Å². The summed E-state index contributed by atoms with van der Waals surface area (Å²) >= 11 is 1.43. The molecule has 1 aliphatic heterocycles. The number of aromatic hydroxyl groups is 1. The molecule has 7 nitrogen and oxygen atoms in total. The van der Waals surface area contributed by atoms with Crippen LogP contribution in [0.3, 0.4) is 0 Å². The van der Waals surface area contributed by atoms with Gasteiger partial charge in [-0.3, -0.25) is 0 Å². The predicted octanol–water partition coefficient (Wildman–Crippen LogP) is 6.80. The Morgan fingerprint density at radius 3 is 2.50 bits per heavy atom. The Labute approximate surface area is 224 Å². The van der Waals surface area contributed by atoms with Crippen LogP contribution in [-0.2, 0) is 0 Å². The summed E-state index contributed by atoms with van der Waals surface area (Å²) in [5, 5.41) is 11.8. The van der Waals surface area contributed by atoms with Gasteiger partial charge in [0.25, 0.3) is 0 Å². The minimum atomic E-state index is -0.436. The topological polar surface area (TPSA) is 90.0 Å². The number of anilines is 1. The van der Waals surface area contributed by atoms with Crippen LogP contribution in [0.4, 0.5) is 10.1 Å². The summed E-state index contributed by atoms with van der Waals surface area (Å²) in [5.41, 5.74) is 5.88. The van der Waals surface area contributed by atoms with E-state index in [1.807, 2.05) is 24.8 Å². The zero-order valence-electron chi connectivity index (χ0n) is 21.0. The lowest BCUT2D eigenvalue weighted by molar-refractivity contribution is 0.467. The van der Waals surface area contributed by atoms with E-state index < -0.39 is 5.82 Å². The van der Waals surface area contributed by atoms with E-state index in [0.29, 0.717) is 11.6 Å². The molecule has 4 heterocycles. The van der Waals surface area contributed by atoms with Crippen molar-refractivity contribution in [3.05, 3.63) is 71.3 Å². The number of phenolic OH excluding ortho intramolecular Hbond substituents is 1. The van der Waals surface area contributed by atoms with E-state index in [-0.39, 0.29) is 11.3 Å². The lowest BCUT2D eigenvalue weighted by Crippen LogP contribution is -2.13. The van der Waals surface area contributed by atoms with E-state index in [4.69, 9.17) is 0 Å². The maximum absolute atomic E-state index is 16.1. The van der Waals surface area contributed by atoms with Crippen LogP contribution in [-0.4, -0.2) is 42.4 Å². The number of hydrogen-bond donors (Lipinski definition) is 3. The number of fused-ring (bicyclic) bond motifs is 1. The number of benzene rings is 1. The first-order valence-electron chi connectivity index (χ1n) is 13.4. The lowest BCUT2D eigenvalue weighted by Gasteiger charge is -2.24. The van der Waals surface area contributed by atoms with Gasteiger partial charge in [-0.2, -0.15) is 0 Å². The molecule has 3 aliphatic rings. The minimum Gasteiger partial charge on any atom is -0.507 e. The fourth-order valence-corrected chi connectivity index (χ4v) is 6.11. The van der Waals surface area contributed by atoms with Gasteiger partial charge in [0.05, 0.1) is 11.3 Å². The third kappa shape index (κ3) is 4.33. The largest absolute Gasteiger partial charge is 0.507 e. The molecule has 3 N–H and O–H groups in total. The highest BCUT2D eigenvalue weighted by atomic mass is 32.2. The van der Waals surface area contributed by atoms with E-state index >= 15 is 4.39 Å². The van der Waals surface area contributed by atoms with Gasteiger partial charge in [0.15, 0.2) is 5.82 Å². The molecular formula is C29H29FN6OS. The Hall–Kier alpha value is -3.43. The summed E-state index contributed by atoms with van der Waals surface area (Å²) in [6, 6.07) is 5.26. The molecule has 1 aromatic carbocycles. The van der Waals surface area contributed by atoms with Crippen LogP contribution in [0.5, 0.6) is 5.75 Å². The van der Waals surface area contributed by atoms with Crippen molar-refractivity contribution in [2.75, 3.05) is 17.8 Å². The Kier molecular flexibility index (Phi) is 6.05. The lowest BCUT2D eigenvalue weighted by atomic mass is 9.81. The van der Waals surface area contributed by atoms with Crippen molar-refractivity contribution in [2.45, 2.75) is 50.9 Å². The second-order valence-electron chi connectivity index (χ2n) is 10.4. The van der Waals surface area contributed by atoms with Crippen LogP contribution in [0.15, 0.2) is 48.6 Å². The fraction of sp³-hybridized carbons (Fsp3) is 0.345. The van der Waals surface area contributed by atoms with Gasteiger partial charge in [0, 0.05) is 78.0 Å². The number of aromatic amines is 1. The zero-order chi connectivity index (χ0) is 25.6. The van der Waals surface area contributed by atoms with Gasteiger partial charge in [0.1, 0.15) is 17.2 Å². The zero-order valence-corrected chi connectivity index (χ0v) is 21.8. The maximum atomic E-state index is 16.1. The first kappa shape index (κ1) is 23.7. The Morgan fingerprint density at radius 1 is 1.03 bits per heavy atom. The summed E-state index contributed by atoms with van der Waals surface area (Å²) in [7, 11) is 0. The molecule has 4 aromatic rings. The summed E-state index contributed by atoms with van der Waals surface area (Å²) < 4.78 is 21.5. The molecule has 2 aliphatic carbocycles. The molecule has 194 valence electrons. The fourth-order valence-electron chi connectivity index (χ4n) is 5.29. The summed E-state index contributed by atoms with van der Waals surface area (Å²) in [6.45, 7) is 1.97. The van der Waals surface area contributed by atoms with Gasteiger partial charge >= 0.3 is 0 Å². The van der Waals surface area contributed by atoms with Gasteiger partial charge in [0.2, 0.25) is 0 Å². The summed E-state index contributed by atoms with van der Waals surface area (Å²) in [4.78, 5) is 17.1. The molecule has 9 heteroatoms. The first-order valence-corrected chi connectivity index (χ1v) is 14.1. The Morgan fingerprint density at radius 2 is 1.79 bits per heavy atom. The number of hydrogen-bond acceptors (Lipinski definition) is 7. The van der Waals surface area contributed by atoms with E-state index in [9.17, 15) is 5.11 Å². The van der Waals surface area contributed by atoms with Gasteiger partial charge in [-0.25, -0.2) is 23.6 Å². The average Bonchev–Trinajstić information content (AvgIpc) is 3.46. The van der Waals surface area contributed by atoms with Crippen molar-refractivity contribution in [1.29, 1.82) is 0 Å². The highest BCUT2D eigenvalue weighted by Crippen LogP contribution is 2.45. The molecular weight excluding hydrogens is 499 g/mol. The van der Waals surface area contributed by atoms with Crippen LogP contribution < -0.4 is 4.72 Å². The molecule has 0 spiro atoms. The number of halogens is 1. The number of nitrogens with one attached hydrogen (secondary N) is 2. The molecule has 0 unspecified atom stereocenters. The number of phenols is 1. The van der Waals surface area contributed by atoms with Crippen molar-refractivity contribution in [1.82, 2.24) is 24.2 Å². The van der Waals surface area contributed by atoms with Gasteiger partial charge in [-0.15, -0.1) is 0 Å². The number of pyridine rings is 1. The van der Waals surface area contributed by atoms with E-state index in [1.165, 1.54) is 12.1 Å². The van der Waals surface area contributed by atoms with Crippen LogP contribution >= 0.6 is 12.1 Å². The molecule has 0 bridgehead atoms. The number of H-pyrrole nitrogens is 1. The van der Waals surface area contributed by atoms with Crippen molar-refractivity contribution in [3.8, 4) is 16.9 Å². The molecule has 3 aromatic heterocycles. The monoisotopic (exact) mass is 528 g/mol. The van der Waals surface area contributed by atoms with Crippen molar-refractivity contribution in [3.63, 3.8) is 0 Å². The SMILES string of the molecule is Oc1ccc(NSN2CCCC2)c(F)c1C(=C1CCC1)c1c[nH]c2ncc(-c3cnc(C4CC4)nc3)cc12. The third-order valence-corrected chi connectivity index (χ3v) is 8.71. The van der Waals surface area contributed by atoms with E-state index in [2.05, 4.69) is 35.0 Å². The van der Waals surface area contributed by atoms with Crippen molar-refractivity contribution >= 4 is 34.4 Å². The van der Waals surface area contributed by atoms with Crippen LogP contribution in [0.25, 0.3) is 27.7 Å². The number of allylic oxidation sites excluding steroid dienone is 1. The summed E-state index contributed by atoms with van der Waals surface area (Å²) in [6.07, 6.45) is 14.9. The van der Waals surface area contributed by atoms with E-state index in [1.54, 1.807) is 12.1 Å². The molecule has 0 amide bonds. The van der Waals surface area contributed by atoms with Crippen LogP contribution in [0.1, 0.15) is 67.8 Å². The van der Waals surface area contributed by atoms with Crippen LogP contribution in [0.2, 0.25) is 0 Å². The maximum Gasteiger partial charge on any atom is 0.158 e. The van der Waals surface area contributed by atoms with Gasteiger partial charge in [-0.1, -0.05) is 5.57 Å². The van der Waals surface area contributed by atoms with Crippen molar-refractivity contribution < 1.29 is 9.50 Å². The predicted molar refractivity (Wildman–Crippen MR) is 149 cm³/mol. The number of nitrogens with zero attached hydrogens (tertiary/aromatic N) is 4. The molecule has 38 heavy (non-hydrogen) atoms. The highest BCUT2D eigenvalue weighted by molar-refractivity contribution is 7.98. The molecule has 7 rings (SSSR count). The third-order valence-electron chi connectivity index (χ3n) is 7.78. The molecule has 0 radical (unpaired) electrons. The molecule has 1 saturated heterocycles.